The van der Waals surface area contributed by atoms with Crippen LogP contribution in [0.1, 0.15) is 32.6 Å². The molecule has 47 valence electrons. The Morgan fingerprint density at radius 2 is 1.62 bits per heavy atom. The Kier molecular flexibility index (Phi) is 1.90. The van der Waals surface area contributed by atoms with Crippen molar-refractivity contribution in [2.75, 3.05) is 0 Å². The highest BCUT2D eigenvalue weighted by molar-refractivity contribution is 4.70. The van der Waals surface area contributed by atoms with E-state index in [2.05, 4.69) is 6.92 Å². The molecule has 1 N–H and O–H groups in total. The predicted octanol–water partition coefficient (Wildman–Crippen LogP) is 1.85. The van der Waals surface area contributed by atoms with Crippen LogP contribution in [-0.2, 0) is 0 Å². The minimum atomic E-state index is 0.270. The van der Waals surface area contributed by atoms with Gasteiger partial charge in [0.05, 0.1) is 0 Å². The van der Waals surface area contributed by atoms with Gasteiger partial charge in [0.15, 0.2) is 0 Å². The average Bonchev–Trinajstić information content (AvgIpc) is 1.77. The van der Waals surface area contributed by atoms with E-state index in [9.17, 15) is 0 Å². The van der Waals surface area contributed by atoms with Gasteiger partial charge in [-0.15, -0.1) is 0 Å². The summed E-state index contributed by atoms with van der Waals surface area (Å²) in [4.78, 5) is 0. The van der Waals surface area contributed by atoms with E-state index in [0.717, 1.165) is 18.8 Å². The molecular weight excluding hydrogens is 98.1 g/mol. The molecule has 1 radical (unpaired) electrons. The maximum Gasteiger partial charge on any atom is 0.0213 e. The summed E-state index contributed by atoms with van der Waals surface area (Å²) in [6.07, 6.45) is 4.85. The molecule has 8 heavy (non-hydrogen) atoms. The molecule has 1 aliphatic rings. The molecule has 1 aliphatic carbocycles. The molecule has 0 atom stereocenters. The highest BCUT2D eigenvalue weighted by atomic mass is 14.6. The molecule has 0 unspecified atom stereocenters. The van der Waals surface area contributed by atoms with Gasteiger partial charge < -0.3 is 0 Å². The summed E-state index contributed by atoms with van der Waals surface area (Å²) in [5.41, 5.74) is 7.36. The molecule has 0 saturated heterocycles. The van der Waals surface area contributed by atoms with Crippen LogP contribution in [0.2, 0.25) is 0 Å². The second kappa shape index (κ2) is 2.49. The molecule has 1 rings (SSSR count). The minimum absolute atomic E-state index is 0.270. The van der Waals surface area contributed by atoms with Crippen LogP contribution in [0, 0.1) is 5.92 Å². The summed E-state index contributed by atoms with van der Waals surface area (Å²) in [6.45, 7) is 2.28. The van der Waals surface area contributed by atoms with Gasteiger partial charge in [0, 0.05) is 6.04 Å². The van der Waals surface area contributed by atoms with Crippen LogP contribution < -0.4 is 5.73 Å². The fraction of sp³-hybridized carbons (Fsp3) is 1.00. The van der Waals surface area contributed by atoms with Crippen molar-refractivity contribution in [3.8, 4) is 0 Å². The lowest BCUT2D eigenvalue weighted by atomic mass is 9.88. The summed E-state index contributed by atoms with van der Waals surface area (Å²) >= 11 is 0. The maximum absolute atomic E-state index is 7.36. The van der Waals surface area contributed by atoms with Crippen molar-refractivity contribution in [3.05, 3.63) is 0 Å². The van der Waals surface area contributed by atoms with Crippen molar-refractivity contribution in [3.63, 3.8) is 0 Å². The highest BCUT2D eigenvalue weighted by Crippen LogP contribution is 2.22. The Bertz CT molecular complexity index is 52.8. The Hall–Kier alpha value is -0.0400. The van der Waals surface area contributed by atoms with Gasteiger partial charge in [-0.2, -0.15) is 0 Å². The van der Waals surface area contributed by atoms with E-state index in [1.54, 1.807) is 0 Å². The van der Waals surface area contributed by atoms with E-state index in [1.807, 2.05) is 0 Å². The molecule has 0 aromatic heterocycles. The zero-order chi connectivity index (χ0) is 5.98. The quantitative estimate of drug-likeness (QED) is 0.456. The first kappa shape index (κ1) is 6.09. The molecule has 0 heterocycles. The first-order valence-corrected chi connectivity index (χ1v) is 3.50. The second-order valence-electron chi connectivity index (χ2n) is 2.96. The van der Waals surface area contributed by atoms with Gasteiger partial charge in [0.25, 0.3) is 0 Å². The van der Waals surface area contributed by atoms with E-state index in [-0.39, 0.29) is 6.04 Å². The second-order valence-corrected chi connectivity index (χ2v) is 2.96. The van der Waals surface area contributed by atoms with Gasteiger partial charge in [-0.05, 0) is 31.6 Å². The van der Waals surface area contributed by atoms with E-state index in [4.69, 9.17) is 5.73 Å². The van der Waals surface area contributed by atoms with Crippen molar-refractivity contribution < 1.29 is 0 Å². The Morgan fingerprint density at radius 3 is 2.00 bits per heavy atom. The summed E-state index contributed by atoms with van der Waals surface area (Å²) in [5.74, 6) is 0.900. The number of hydrogen-bond acceptors (Lipinski definition) is 0. The van der Waals surface area contributed by atoms with Crippen LogP contribution in [0.25, 0.3) is 0 Å². The molecule has 0 spiro atoms. The summed E-state index contributed by atoms with van der Waals surface area (Å²) in [6, 6.07) is 0.270. The third-order valence-corrected chi connectivity index (χ3v) is 2.02. The molecule has 1 fully saturated rings. The normalized spacial score (nSPS) is 39.8. The zero-order valence-corrected chi connectivity index (χ0v) is 5.48. The first-order chi connectivity index (χ1) is 3.79. The van der Waals surface area contributed by atoms with Crippen molar-refractivity contribution in [1.29, 1.82) is 0 Å². The molecule has 1 nitrogen and oxygen atoms in total. The van der Waals surface area contributed by atoms with Crippen LogP contribution in [0.3, 0.4) is 0 Å². The molecule has 0 bridgehead atoms. The Balaban J connectivity index is 2.19. The smallest absolute Gasteiger partial charge is 0.0213 e. The van der Waals surface area contributed by atoms with E-state index >= 15 is 0 Å². The molecule has 0 aromatic carbocycles. The fourth-order valence-corrected chi connectivity index (χ4v) is 1.26. The molecule has 0 aromatic rings. The Labute approximate surface area is 51.3 Å². The predicted molar refractivity (Wildman–Crippen MR) is 34.5 cm³/mol. The molecular formula is C7H14N. The SMILES string of the molecule is C[C@H]1CC[C@H]([NH])CC1. The average molecular weight is 112 g/mol. The van der Waals surface area contributed by atoms with Crippen LogP contribution in [-0.4, -0.2) is 6.04 Å². The topological polar surface area (TPSA) is 23.8 Å². The van der Waals surface area contributed by atoms with Gasteiger partial charge in [-0.25, -0.2) is 0 Å². The van der Waals surface area contributed by atoms with E-state index in [1.165, 1.54) is 12.8 Å². The molecule has 1 heteroatoms. The minimum Gasteiger partial charge on any atom is -0.255 e. The lowest BCUT2D eigenvalue weighted by molar-refractivity contribution is 0.342. The summed E-state index contributed by atoms with van der Waals surface area (Å²) in [7, 11) is 0. The standard InChI is InChI=1S/C7H14N/c1-6-2-4-7(8)5-3-6/h6-8H,2-5H2,1H3/t6-,7-. The number of nitrogens with one attached hydrogen (secondary N) is 1. The van der Waals surface area contributed by atoms with Gasteiger partial charge in [0.2, 0.25) is 0 Å². The molecule has 1 saturated carbocycles. The first-order valence-electron chi connectivity index (χ1n) is 3.50. The van der Waals surface area contributed by atoms with Crippen LogP contribution in [0.5, 0.6) is 0 Å². The Morgan fingerprint density at radius 1 is 1.12 bits per heavy atom. The van der Waals surface area contributed by atoms with Crippen LogP contribution in [0.15, 0.2) is 0 Å². The maximum atomic E-state index is 7.36. The molecule has 0 amide bonds. The van der Waals surface area contributed by atoms with Crippen LogP contribution in [0.4, 0.5) is 0 Å². The van der Waals surface area contributed by atoms with Gasteiger partial charge in [0.1, 0.15) is 0 Å². The summed E-state index contributed by atoms with van der Waals surface area (Å²) < 4.78 is 0. The lowest BCUT2D eigenvalue weighted by Crippen LogP contribution is -2.17. The van der Waals surface area contributed by atoms with Gasteiger partial charge >= 0.3 is 0 Å². The van der Waals surface area contributed by atoms with Crippen LogP contribution >= 0.6 is 0 Å². The largest absolute Gasteiger partial charge is 0.255 e. The van der Waals surface area contributed by atoms with E-state index < -0.39 is 0 Å². The van der Waals surface area contributed by atoms with E-state index in [0.29, 0.717) is 0 Å². The molecule has 0 aliphatic heterocycles. The fourth-order valence-electron chi connectivity index (χ4n) is 1.26. The van der Waals surface area contributed by atoms with Crippen molar-refractivity contribution in [2.45, 2.75) is 38.6 Å². The number of rotatable bonds is 0. The third kappa shape index (κ3) is 1.48. The van der Waals surface area contributed by atoms with Gasteiger partial charge in [-0.1, -0.05) is 6.92 Å². The highest BCUT2D eigenvalue weighted by Gasteiger charge is 2.14. The third-order valence-electron chi connectivity index (χ3n) is 2.02. The van der Waals surface area contributed by atoms with Crippen molar-refractivity contribution in [2.24, 2.45) is 5.92 Å². The van der Waals surface area contributed by atoms with Crippen molar-refractivity contribution >= 4 is 0 Å². The van der Waals surface area contributed by atoms with Gasteiger partial charge in [-0.3, -0.25) is 5.73 Å². The van der Waals surface area contributed by atoms with Crippen molar-refractivity contribution in [1.82, 2.24) is 5.73 Å². The lowest BCUT2D eigenvalue weighted by Gasteiger charge is -2.21. The summed E-state index contributed by atoms with van der Waals surface area (Å²) in [5, 5.41) is 0. The number of hydrogen-bond donors (Lipinski definition) is 0. The zero-order valence-electron chi connectivity index (χ0n) is 5.48. The monoisotopic (exact) mass is 112 g/mol.